The molecule has 0 N–H and O–H groups in total. The number of ketones is 1. The molecule has 1 unspecified atom stereocenters. The van der Waals surface area contributed by atoms with Gasteiger partial charge in [0.1, 0.15) is 11.4 Å². The van der Waals surface area contributed by atoms with Crippen LogP contribution in [0.2, 0.25) is 0 Å². The lowest BCUT2D eigenvalue weighted by Gasteiger charge is -2.13. The second kappa shape index (κ2) is 9.07. The van der Waals surface area contributed by atoms with Gasteiger partial charge in [-0.05, 0) is 20.3 Å². The lowest BCUT2D eigenvalue weighted by atomic mass is 9.94. The van der Waals surface area contributed by atoms with Crippen LogP contribution in [-0.4, -0.2) is 36.0 Å². The van der Waals surface area contributed by atoms with Crippen molar-refractivity contribution < 1.29 is 32.4 Å². The van der Waals surface area contributed by atoms with Crippen LogP contribution in [0.1, 0.15) is 36.2 Å². The summed E-state index contributed by atoms with van der Waals surface area (Å²) in [5.41, 5.74) is -3.91. The summed E-state index contributed by atoms with van der Waals surface area (Å²) in [7, 11) is 0. The second-order valence-electron chi connectivity index (χ2n) is 5.20. The average Bonchev–Trinajstić information content (AvgIpc) is 2.60. The summed E-state index contributed by atoms with van der Waals surface area (Å²) in [6, 6.07) is 0. The minimum Gasteiger partial charge on any atom is -0.465 e. The highest BCUT2D eigenvalue weighted by atomic mass is 19.2. The van der Waals surface area contributed by atoms with E-state index < -0.39 is 56.9 Å². The summed E-state index contributed by atoms with van der Waals surface area (Å²) in [6.45, 7) is 4.20. The van der Waals surface area contributed by atoms with Crippen molar-refractivity contribution in [3.8, 4) is 0 Å². The van der Waals surface area contributed by atoms with Crippen molar-refractivity contribution in [2.75, 3.05) is 13.2 Å². The van der Waals surface area contributed by atoms with Crippen molar-refractivity contribution in [2.24, 2.45) is 10.9 Å². The van der Waals surface area contributed by atoms with E-state index in [2.05, 4.69) is 4.99 Å². The molecule has 0 bridgehead atoms. The summed E-state index contributed by atoms with van der Waals surface area (Å²) in [5, 5.41) is 11.1. The van der Waals surface area contributed by atoms with Crippen LogP contribution in [0.5, 0.6) is 0 Å². The molecule has 0 aliphatic heterocycles. The third-order valence-corrected chi connectivity index (χ3v) is 3.37. The van der Waals surface area contributed by atoms with Crippen LogP contribution >= 0.6 is 0 Å². The normalized spacial score (nSPS) is 12.2. The number of Topliss-reactive ketones (excluding diaryl/α,β-unsaturated/α-hetero) is 1. The Hall–Kier alpha value is -2.78. The predicted molar refractivity (Wildman–Crippen MR) is 85.8 cm³/mol. The Morgan fingerprint density at radius 1 is 1.23 bits per heavy atom. The third kappa shape index (κ3) is 4.24. The van der Waals surface area contributed by atoms with Crippen LogP contribution < -0.4 is 0 Å². The first-order valence-electron chi connectivity index (χ1n) is 7.71. The molecule has 0 spiro atoms. The van der Waals surface area contributed by atoms with Gasteiger partial charge in [0.15, 0.2) is 17.5 Å². The molecule has 0 heterocycles. The van der Waals surface area contributed by atoms with Gasteiger partial charge in [0.05, 0.1) is 11.5 Å². The zero-order chi connectivity index (χ0) is 20.0. The fraction of sp³-hybridized carbons (Fsp3) is 0.438. The first-order chi connectivity index (χ1) is 12.2. The van der Waals surface area contributed by atoms with Gasteiger partial charge in [-0.3, -0.25) is 24.7 Å². The molecule has 1 aromatic rings. The van der Waals surface area contributed by atoms with Gasteiger partial charge in [-0.2, -0.15) is 4.39 Å². The monoisotopic (exact) mass is 374 g/mol. The first kappa shape index (κ1) is 21.3. The van der Waals surface area contributed by atoms with Crippen LogP contribution in [0.4, 0.5) is 18.9 Å². The Bertz CT molecular complexity index is 765. The molecule has 10 heteroatoms. The largest absolute Gasteiger partial charge is 0.465 e. The van der Waals surface area contributed by atoms with Gasteiger partial charge < -0.3 is 4.74 Å². The zero-order valence-electron chi connectivity index (χ0n) is 14.3. The number of rotatable bonds is 8. The predicted octanol–water partition coefficient (Wildman–Crippen LogP) is 3.16. The molecule has 0 aliphatic rings. The number of ether oxygens (including phenoxy) is 1. The van der Waals surface area contributed by atoms with Crippen molar-refractivity contribution in [2.45, 2.75) is 27.2 Å². The smallest absolute Gasteiger partial charge is 0.322 e. The van der Waals surface area contributed by atoms with E-state index in [9.17, 15) is 32.9 Å². The number of nitro groups is 1. The maximum absolute atomic E-state index is 14.4. The van der Waals surface area contributed by atoms with Crippen molar-refractivity contribution >= 4 is 23.7 Å². The topological polar surface area (TPSA) is 98.9 Å². The molecule has 1 aromatic carbocycles. The van der Waals surface area contributed by atoms with Crippen LogP contribution in [0, 0.1) is 40.4 Å². The van der Waals surface area contributed by atoms with Gasteiger partial charge in [0.2, 0.25) is 5.82 Å². The number of carbonyl (C=O) groups excluding carboxylic acids is 2. The van der Waals surface area contributed by atoms with Crippen LogP contribution in [0.3, 0.4) is 0 Å². The van der Waals surface area contributed by atoms with Crippen molar-refractivity contribution in [3.63, 3.8) is 0 Å². The van der Waals surface area contributed by atoms with Crippen molar-refractivity contribution in [1.82, 2.24) is 0 Å². The number of hydrogen-bond acceptors (Lipinski definition) is 6. The molecule has 1 atom stereocenters. The molecule has 0 aliphatic carbocycles. The van der Waals surface area contributed by atoms with E-state index in [1.165, 1.54) is 0 Å². The summed E-state index contributed by atoms with van der Waals surface area (Å²) in [4.78, 5) is 38.0. The molecule has 7 nitrogen and oxygen atoms in total. The number of halogens is 3. The highest BCUT2D eigenvalue weighted by Gasteiger charge is 2.39. The Balaban J connectivity index is 3.59. The Morgan fingerprint density at radius 2 is 1.85 bits per heavy atom. The highest BCUT2D eigenvalue weighted by molar-refractivity contribution is 6.20. The maximum atomic E-state index is 14.4. The number of aliphatic imine (C=N–C) groups is 1. The molecule has 1 rings (SSSR count). The highest BCUT2D eigenvalue weighted by Crippen LogP contribution is 2.32. The fourth-order valence-corrected chi connectivity index (χ4v) is 2.06. The minimum absolute atomic E-state index is 0.0516. The zero-order valence-corrected chi connectivity index (χ0v) is 14.3. The van der Waals surface area contributed by atoms with Crippen molar-refractivity contribution in [1.29, 1.82) is 0 Å². The van der Waals surface area contributed by atoms with E-state index >= 15 is 0 Å². The molecule has 0 saturated heterocycles. The summed E-state index contributed by atoms with van der Waals surface area (Å²) in [5.74, 6) is -9.75. The molecular formula is C16H17F3N2O5. The van der Waals surface area contributed by atoms with Gasteiger partial charge in [-0.1, -0.05) is 6.92 Å². The Labute approximate surface area is 147 Å². The van der Waals surface area contributed by atoms with Crippen LogP contribution in [0.15, 0.2) is 4.99 Å². The Morgan fingerprint density at radius 3 is 2.35 bits per heavy atom. The molecule has 26 heavy (non-hydrogen) atoms. The van der Waals surface area contributed by atoms with Crippen molar-refractivity contribution in [3.05, 3.63) is 38.7 Å². The van der Waals surface area contributed by atoms with E-state index in [1.54, 1.807) is 13.8 Å². The quantitative estimate of drug-likeness (QED) is 0.132. The van der Waals surface area contributed by atoms with E-state index in [0.717, 1.165) is 13.1 Å². The molecule has 0 saturated carbocycles. The van der Waals surface area contributed by atoms with Gasteiger partial charge in [0, 0.05) is 18.3 Å². The molecule has 0 fully saturated rings. The van der Waals surface area contributed by atoms with Gasteiger partial charge >= 0.3 is 11.7 Å². The molecule has 0 amide bonds. The first-order valence-corrected chi connectivity index (χ1v) is 7.71. The molecule has 0 aromatic heterocycles. The lowest BCUT2D eigenvalue weighted by molar-refractivity contribution is -0.388. The number of carbonyl (C=O) groups is 2. The molecular weight excluding hydrogens is 357 g/mol. The van der Waals surface area contributed by atoms with E-state index in [1.807, 2.05) is 0 Å². The van der Waals surface area contributed by atoms with Gasteiger partial charge in [0.25, 0.3) is 0 Å². The van der Waals surface area contributed by atoms with E-state index in [-0.39, 0.29) is 13.2 Å². The SMILES string of the molecule is CCCOC(=O)C(C=NCC)C(=O)c1c(F)c(C)c(F)c(F)c1[N+](=O)[O-]. The number of nitrogens with zero attached hydrogens (tertiary/aromatic N) is 2. The summed E-state index contributed by atoms with van der Waals surface area (Å²) >= 11 is 0. The lowest BCUT2D eigenvalue weighted by Crippen LogP contribution is -2.30. The van der Waals surface area contributed by atoms with E-state index in [0.29, 0.717) is 6.42 Å². The summed E-state index contributed by atoms with van der Waals surface area (Å²) < 4.78 is 46.8. The maximum Gasteiger partial charge on any atom is 0.322 e. The summed E-state index contributed by atoms with van der Waals surface area (Å²) in [6.07, 6.45) is 1.27. The van der Waals surface area contributed by atoms with Gasteiger partial charge in [-0.15, -0.1) is 0 Å². The molecule has 0 radical (unpaired) electrons. The van der Waals surface area contributed by atoms with Gasteiger partial charge in [-0.25, -0.2) is 8.78 Å². The van der Waals surface area contributed by atoms with Crippen LogP contribution in [-0.2, 0) is 9.53 Å². The number of esters is 1. The Kier molecular flexibility index (Phi) is 7.41. The fourth-order valence-electron chi connectivity index (χ4n) is 2.06. The minimum atomic E-state index is -1.98. The average molecular weight is 374 g/mol. The second-order valence-corrected chi connectivity index (χ2v) is 5.20. The number of hydrogen-bond donors (Lipinski definition) is 0. The van der Waals surface area contributed by atoms with Crippen LogP contribution in [0.25, 0.3) is 0 Å². The standard InChI is InChI=1S/C16H17F3N2O5/c1-4-6-26-16(23)9(7-20-5-2)15(22)10-11(17)8(3)12(18)13(19)14(10)21(24)25/h7,9H,4-6H2,1-3H3. The number of nitro benzene ring substituents is 1. The third-order valence-electron chi connectivity index (χ3n) is 3.37. The van der Waals surface area contributed by atoms with E-state index in [4.69, 9.17) is 4.74 Å². The molecule has 142 valence electrons. The number of benzene rings is 1.